The van der Waals surface area contributed by atoms with Crippen molar-refractivity contribution >= 4 is 17.5 Å². The van der Waals surface area contributed by atoms with E-state index in [0.29, 0.717) is 42.9 Å². The van der Waals surface area contributed by atoms with Crippen molar-refractivity contribution in [2.24, 2.45) is 5.92 Å². The van der Waals surface area contributed by atoms with Crippen LogP contribution in [0.3, 0.4) is 0 Å². The molecule has 8 nitrogen and oxygen atoms in total. The largest absolute Gasteiger partial charge is 0.486 e. The first kappa shape index (κ1) is 19.3. The number of likely N-dealkylation sites (tertiary alicyclic amines) is 1. The first-order chi connectivity index (χ1) is 14.2. The molecule has 1 saturated heterocycles. The average Bonchev–Trinajstić information content (AvgIpc) is 3.26. The lowest BCUT2D eigenvalue weighted by Gasteiger charge is -2.31. The minimum atomic E-state index is -0.683. The van der Waals surface area contributed by atoms with Gasteiger partial charge in [-0.05, 0) is 56.1 Å². The van der Waals surface area contributed by atoms with Gasteiger partial charge in [-0.3, -0.25) is 14.5 Å². The molecule has 0 atom stereocenters. The van der Waals surface area contributed by atoms with E-state index in [2.05, 4.69) is 15.5 Å². The summed E-state index contributed by atoms with van der Waals surface area (Å²) < 4.78 is 16.3. The number of amides is 2. The standard InChI is InChI=1S/C21H25N3O5/c25-20(21(26)23-16-3-4-18-19(12-16)29-11-10-28-18)22-13-15-5-7-24(8-6-15)14-17-2-1-9-27-17/h1-4,9,12,15H,5-8,10-11,13-14H2,(H,22,25)(H,23,26). The highest BCUT2D eigenvalue weighted by atomic mass is 16.6. The van der Waals surface area contributed by atoms with Gasteiger partial charge in [0.15, 0.2) is 11.5 Å². The van der Waals surface area contributed by atoms with Gasteiger partial charge in [0.2, 0.25) is 0 Å². The highest BCUT2D eigenvalue weighted by molar-refractivity contribution is 6.39. The summed E-state index contributed by atoms with van der Waals surface area (Å²) in [5.41, 5.74) is 0.501. The van der Waals surface area contributed by atoms with Crippen LogP contribution in [-0.2, 0) is 16.1 Å². The summed E-state index contributed by atoms with van der Waals surface area (Å²) in [6, 6.07) is 8.95. The molecule has 1 fully saturated rings. The van der Waals surface area contributed by atoms with E-state index >= 15 is 0 Å². The third-order valence-corrected chi connectivity index (χ3v) is 5.22. The number of nitrogens with one attached hydrogen (secondary N) is 2. The number of carbonyl (C=O) groups excluding carboxylic acids is 2. The number of ether oxygens (including phenoxy) is 2. The second-order valence-electron chi connectivity index (χ2n) is 7.32. The highest BCUT2D eigenvalue weighted by Crippen LogP contribution is 2.32. The summed E-state index contributed by atoms with van der Waals surface area (Å²) in [5.74, 6) is 1.23. The topological polar surface area (TPSA) is 93.0 Å². The van der Waals surface area contributed by atoms with E-state index in [1.54, 1.807) is 24.5 Å². The van der Waals surface area contributed by atoms with E-state index in [-0.39, 0.29) is 0 Å². The molecule has 0 bridgehead atoms. The molecule has 2 aromatic rings. The minimum absolute atomic E-state index is 0.369. The molecule has 2 aliphatic rings. The van der Waals surface area contributed by atoms with Crippen molar-refractivity contribution < 1.29 is 23.5 Å². The summed E-state index contributed by atoms with van der Waals surface area (Å²) in [6.07, 6.45) is 3.64. The Kier molecular flexibility index (Phi) is 6.00. The Morgan fingerprint density at radius 3 is 2.59 bits per heavy atom. The molecule has 8 heteroatoms. The molecule has 154 valence electrons. The monoisotopic (exact) mass is 399 g/mol. The molecule has 0 spiro atoms. The van der Waals surface area contributed by atoms with E-state index in [4.69, 9.17) is 13.9 Å². The molecule has 3 heterocycles. The molecule has 0 aliphatic carbocycles. The quantitative estimate of drug-likeness (QED) is 0.748. The predicted molar refractivity (Wildman–Crippen MR) is 106 cm³/mol. The number of rotatable bonds is 5. The fourth-order valence-electron chi connectivity index (χ4n) is 3.60. The number of hydrogen-bond acceptors (Lipinski definition) is 6. The van der Waals surface area contributed by atoms with Gasteiger partial charge >= 0.3 is 11.8 Å². The van der Waals surface area contributed by atoms with Gasteiger partial charge < -0.3 is 24.5 Å². The average molecular weight is 399 g/mol. The molecule has 1 aromatic carbocycles. The molecule has 4 rings (SSSR count). The van der Waals surface area contributed by atoms with E-state index in [9.17, 15) is 9.59 Å². The first-order valence-electron chi connectivity index (χ1n) is 9.91. The van der Waals surface area contributed by atoms with Crippen molar-refractivity contribution in [1.82, 2.24) is 10.2 Å². The van der Waals surface area contributed by atoms with Gasteiger partial charge in [-0.1, -0.05) is 0 Å². The fourth-order valence-corrected chi connectivity index (χ4v) is 3.60. The van der Waals surface area contributed by atoms with E-state index in [1.807, 2.05) is 12.1 Å². The number of fused-ring (bicyclic) bond motifs is 1. The van der Waals surface area contributed by atoms with Crippen LogP contribution < -0.4 is 20.1 Å². The number of carbonyl (C=O) groups is 2. The molecular formula is C21H25N3O5. The lowest BCUT2D eigenvalue weighted by Crippen LogP contribution is -2.41. The molecule has 2 N–H and O–H groups in total. The Morgan fingerprint density at radius 1 is 1.03 bits per heavy atom. The summed E-state index contributed by atoms with van der Waals surface area (Å²) in [6.45, 7) is 4.18. The molecule has 0 radical (unpaired) electrons. The van der Waals surface area contributed by atoms with Crippen molar-refractivity contribution in [3.8, 4) is 11.5 Å². The molecule has 0 saturated carbocycles. The SMILES string of the molecule is O=C(NCC1CCN(Cc2ccco2)CC1)C(=O)Nc1ccc2c(c1)OCCO2. The summed E-state index contributed by atoms with van der Waals surface area (Å²) >= 11 is 0. The van der Waals surface area contributed by atoms with Gasteiger partial charge in [0.05, 0.1) is 12.8 Å². The zero-order valence-electron chi connectivity index (χ0n) is 16.2. The van der Waals surface area contributed by atoms with Crippen LogP contribution in [0.25, 0.3) is 0 Å². The third kappa shape index (κ3) is 5.08. The lowest BCUT2D eigenvalue weighted by molar-refractivity contribution is -0.136. The Hall–Kier alpha value is -3.00. The normalized spacial score (nSPS) is 17.0. The third-order valence-electron chi connectivity index (χ3n) is 5.22. The summed E-state index contributed by atoms with van der Waals surface area (Å²) in [5, 5.41) is 5.36. The predicted octanol–water partition coefficient (Wildman–Crippen LogP) is 2.02. The Balaban J connectivity index is 1.19. The van der Waals surface area contributed by atoms with Crippen LogP contribution in [0.4, 0.5) is 5.69 Å². The molecule has 29 heavy (non-hydrogen) atoms. The second-order valence-corrected chi connectivity index (χ2v) is 7.32. The highest BCUT2D eigenvalue weighted by Gasteiger charge is 2.22. The first-order valence-corrected chi connectivity index (χ1v) is 9.91. The molecule has 2 aliphatic heterocycles. The Labute approximate surface area is 169 Å². The minimum Gasteiger partial charge on any atom is -0.486 e. The van der Waals surface area contributed by atoms with Crippen molar-refractivity contribution in [1.29, 1.82) is 0 Å². The van der Waals surface area contributed by atoms with Crippen LogP contribution in [0.15, 0.2) is 41.0 Å². The number of furan rings is 1. The maximum Gasteiger partial charge on any atom is 0.313 e. The summed E-state index contributed by atoms with van der Waals surface area (Å²) in [7, 11) is 0. The zero-order chi connectivity index (χ0) is 20.1. The van der Waals surface area contributed by atoms with Gasteiger partial charge in [0.1, 0.15) is 19.0 Å². The van der Waals surface area contributed by atoms with E-state index < -0.39 is 11.8 Å². The van der Waals surface area contributed by atoms with Crippen LogP contribution in [0.1, 0.15) is 18.6 Å². The van der Waals surface area contributed by atoms with Gasteiger partial charge in [-0.2, -0.15) is 0 Å². The number of nitrogens with zero attached hydrogens (tertiary/aromatic N) is 1. The van der Waals surface area contributed by atoms with Crippen LogP contribution in [0.2, 0.25) is 0 Å². The maximum absolute atomic E-state index is 12.2. The zero-order valence-corrected chi connectivity index (χ0v) is 16.2. The van der Waals surface area contributed by atoms with E-state index in [0.717, 1.165) is 38.2 Å². The van der Waals surface area contributed by atoms with Crippen molar-refractivity contribution in [2.45, 2.75) is 19.4 Å². The summed E-state index contributed by atoms with van der Waals surface area (Å²) in [4.78, 5) is 26.7. The lowest BCUT2D eigenvalue weighted by atomic mass is 9.96. The van der Waals surface area contributed by atoms with Crippen LogP contribution in [0.5, 0.6) is 11.5 Å². The smallest absolute Gasteiger partial charge is 0.313 e. The van der Waals surface area contributed by atoms with Crippen LogP contribution in [-0.4, -0.2) is 49.6 Å². The van der Waals surface area contributed by atoms with Gasteiger partial charge in [-0.25, -0.2) is 0 Å². The molecule has 0 unspecified atom stereocenters. The van der Waals surface area contributed by atoms with E-state index in [1.165, 1.54) is 0 Å². The molecule has 2 amide bonds. The van der Waals surface area contributed by atoms with Crippen molar-refractivity contribution in [2.75, 3.05) is 38.2 Å². The van der Waals surface area contributed by atoms with Gasteiger partial charge in [0, 0.05) is 18.3 Å². The number of anilines is 1. The molecular weight excluding hydrogens is 374 g/mol. The maximum atomic E-state index is 12.2. The fraction of sp³-hybridized carbons (Fsp3) is 0.429. The number of benzene rings is 1. The number of piperidine rings is 1. The van der Waals surface area contributed by atoms with Gasteiger partial charge in [-0.15, -0.1) is 0 Å². The number of hydrogen-bond donors (Lipinski definition) is 2. The Bertz CT molecular complexity index is 844. The second kappa shape index (κ2) is 9.00. The van der Waals surface area contributed by atoms with Crippen molar-refractivity contribution in [3.05, 3.63) is 42.4 Å². The van der Waals surface area contributed by atoms with Crippen LogP contribution in [0, 0.1) is 5.92 Å². The molecule has 1 aromatic heterocycles. The van der Waals surface area contributed by atoms with Gasteiger partial charge in [0.25, 0.3) is 0 Å². The van der Waals surface area contributed by atoms with Crippen molar-refractivity contribution in [3.63, 3.8) is 0 Å². The Morgan fingerprint density at radius 2 is 1.83 bits per heavy atom. The van der Waals surface area contributed by atoms with Crippen LogP contribution >= 0.6 is 0 Å².